The highest BCUT2D eigenvalue weighted by molar-refractivity contribution is 7.86. The standard InChI is InChI=1S/C12H15N5O2S/c13-20(18,19)16-7-4-11-10(8-16)2-1-6-17(11)12-3-5-14-9-15-12/h1-3,5,9H,4,6-8H2,(H2,13,18,19). The molecule has 1 aromatic heterocycles. The third kappa shape index (κ3) is 2.45. The van der Waals surface area contributed by atoms with Crippen molar-refractivity contribution in [3.63, 3.8) is 0 Å². The lowest BCUT2D eigenvalue weighted by molar-refractivity contribution is 0.421. The van der Waals surface area contributed by atoms with E-state index in [-0.39, 0.29) is 0 Å². The van der Waals surface area contributed by atoms with Gasteiger partial charge in [0.1, 0.15) is 12.1 Å². The Bertz CT molecular complexity index is 668. The second kappa shape index (κ2) is 4.97. The molecule has 0 aromatic carbocycles. The largest absolute Gasteiger partial charge is 0.326 e. The third-order valence-electron chi connectivity index (χ3n) is 3.45. The van der Waals surface area contributed by atoms with Gasteiger partial charge < -0.3 is 4.90 Å². The maximum atomic E-state index is 11.4. The van der Waals surface area contributed by atoms with Crippen LogP contribution in [-0.2, 0) is 10.2 Å². The molecule has 2 aliphatic rings. The van der Waals surface area contributed by atoms with E-state index in [0.717, 1.165) is 23.6 Å². The van der Waals surface area contributed by atoms with Crippen molar-refractivity contribution < 1.29 is 8.42 Å². The van der Waals surface area contributed by atoms with E-state index in [0.29, 0.717) is 19.5 Å². The van der Waals surface area contributed by atoms with Gasteiger partial charge >= 0.3 is 0 Å². The van der Waals surface area contributed by atoms with Crippen molar-refractivity contribution in [3.8, 4) is 0 Å². The zero-order valence-electron chi connectivity index (χ0n) is 10.8. The fourth-order valence-electron chi connectivity index (χ4n) is 2.51. The van der Waals surface area contributed by atoms with Gasteiger partial charge in [-0.05, 0) is 11.6 Å². The molecule has 0 fully saturated rings. The van der Waals surface area contributed by atoms with Crippen LogP contribution in [0.25, 0.3) is 0 Å². The molecule has 8 heteroatoms. The molecule has 0 radical (unpaired) electrons. The molecule has 0 aliphatic carbocycles. The maximum absolute atomic E-state index is 11.4. The van der Waals surface area contributed by atoms with Crippen molar-refractivity contribution in [1.82, 2.24) is 14.3 Å². The molecule has 2 N–H and O–H groups in total. The van der Waals surface area contributed by atoms with Crippen LogP contribution in [0.3, 0.4) is 0 Å². The first kappa shape index (κ1) is 13.2. The first-order chi connectivity index (χ1) is 9.55. The zero-order valence-corrected chi connectivity index (χ0v) is 11.6. The van der Waals surface area contributed by atoms with E-state index in [4.69, 9.17) is 5.14 Å². The molecule has 0 bridgehead atoms. The molecule has 1 aromatic rings. The van der Waals surface area contributed by atoms with Crippen molar-refractivity contribution >= 4 is 16.0 Å². The molecular formula is C12H15N5O2S. The van der Waals surface area contributed by atoms with Crippen molar-refractivity contribution in [2.75, 3.05) is 24.5 Å². The van der Waals surface area contributed by atoms with E-state index in [1.807, 2.05) is 18.2 Å². The van der Waals surface area contributed by atoms with Crippen LogP contribution >= 0.6 is 0 Å². The van der Waals surface area contributed by atoms with Crippen LogP contribution in [0.1, 0.15) is 6.42 Å². The Balaban J connectivity index is 1.92. The lowest BCUT2D eigenvalue weighted by Gasteiger charge is -2.36. The van der Waals surface area contributed by atoms with Gasteiger partial charge in [0.25, 0.3) is 10.2 Å². The summed E-state index contributed by atoms with van der Waals surface area (Å²) < 4.78 is 24.2. The van der Waals surface area contributed by atoms with Crippen LogP contribution in [-0.4, -0.2) is 42.3 Å². The van der Waals surface area contributed by atoms with Crippen molar-refractivity contribution in [1.29, 1.82) is 0 Å². The quantitative estimate of drug-likeness (QED) is 0.829. The van der Waals surface area contributed by atoms with Crippen molar-refractivity contribution in [3.05, 3.63) is 42.0 Å². The summed E-state index contributed by atoms with van der Waals surface area (Å²) in [4.78, 5) is 10.2. The summed E-state index contributed by atoms with van der Waals surface area (Å²) >= 11 is 0. The molecule has 0 spiro atoms. The van der Waals surface area contributed by atoms with Crippen molar-refractivity contribution in [2.24, 2.45) is 5.14 Å². The second-order valence-corrected chi connectivity index (χ2v) is 6.23. The molecule has 7 nitrogen and oxygen atoms in total. The second-order valence-electron chi connectivity index (χ2n) is 4.68. The summed E-state index contributed by atoms with van der Waals surface area (Å²) in [5.41, 5.74) is 2.07. The first-order valence-electron chi connectivity index (χ1n) is 6.26. The molecule has 0 amide bonds. The SMILES string of the molecule is NS(=O)(=O)N1CCC2=C(C=CCN2c2ccncn2)C1. The average Bonchev–Trinajstić information content (AvgIpc) is 2.46. The van der Waals surface area contributed by atoms with E-state index in [1.165, 1.54) is 10.6 Å². The average molecular weight is 293 g/mol. The minimum atomic E-state index is -3.64. The Hall–Kier alpha value is -1.77. The normalized spacial score (nSPS) is 20.1. The van der Waals surface area contributed by atoms with Crippen LogP contribution in [0.5, 0.6) is 0 Å². The predicted octanol–water partition coefficient (Wildman–Crippen LogP) is 0.0161. The lowest BCUT2D eigenvalue weighted by Crippen LogP contribution is -2.44. The number of nitrogens with two attached hydrogens (primary N) is 1. The summed E-state index contributed by atoms with van der Waals surface area (Å²) in [5.74, 6) is 0.820. The number of hydrogen-bond acceptors (Lipinski definition) is 5. The zero-order chi connectivity index (χ0) is 14.2. The highest BCUT2D eigenvalue weighted by Crippen LogP contribution is 2.29. The van der Waals surface area contributed by atoms with E-state index >= 15 is 0 Å². The smallest absolute Gasteiger partial charge is 0.277 e. The van der Waals surface area contributed by atoms with Gasteiger partial charge in [-0.2, -0.15) is 12.7 Å². The van der Waals surface area contributed by atoms with Crippen LogP contribution in [0, 0.1) is 0 Å². The van der Waals surface area contributed by atoms with Crippen LogP contribution in [0.2, 0.25) is 0 Å². The Kier molecular flexibility index (Phi) is 3.28. The molecule has 20 heavy (non-hydrogen) atoms. The summed E-state index contributed by atoms with van der Waals surface area (Å²) in [6.45, 7) is 1.44. The molecule has 106 valence electrons. The first-order valence-corrected chi connectivity index (χ1v) is 7.76. The molecule has 0 saturated heterocycles. The number of hydrogen-bond donors (Lipinski definition) is 1. The summed E-state index contributed by atoms with van der Waals surface area (Å²) in [6.07, 6.45) is 7.78. The molecule has 0 atom stereocenters. The molecular weight excluding hydrogens is 278 g/mol. The van der Waals surface area contributed by atoms with Gasteiger partial charge in [0, 0.05) is 37.9 Å². The van der Waals surface area contributed by atoms with Crippen LogP contribution in [0.4, 0.5) is 5.82 Å². The van der Waals surface area contributed by atoms with E-state index in [9.17, 15) is 8.42 Å². The lowest BCUT2D eigenvalue weighted by atomic mass is 10.0. The fourth-order valence-corrected chi connectivity index (χ4v) is 3.18. The molecule has 0 unspecified atom stereocenters. The molecule has 3 rings (SSSR count). The van der Waals surface area contributed by atoms with Gasteiger partial charge in [0.05, 0.1) is 0 Å². The fraction of sp³-hybridized carbons (Fsp3) is 0.333. The summed E-state index contributed by atoms with van der Waals surface area (Å²) in [5, 5.41) is 5.20. The highest BCUT2D eigenvalue weighted by atomic mass is 32.2. The predicted molar refractivity (Wildman–Crippen MR) is 74.8 cm³/mol. The Morgan fingerprint density at radius 2 is 2.20 bits per heavy atom. The number of nitrogens with zero attached hydrogens (tertiary/aromatic N) is 4. The highest BCUT2D eigenvalue weighted by Gasteiger charge is 2.29. The summed E-state index contributed by atoms with van der Waals surface area (Å²) in [7, 11) is -3.64. The van der Waals surface area contributed by atoms with Gasteiger partial charge in [-0.25, -0.2) is 15.1 Å². The Labute approximate surface area is 117 Å². The number of aromatic nitrogens is 2. The maximum Gasteiger partial charge on any atom is 0.277 e. The third-order valence-corrected chi connectivity index (χ3v) is 4.48. The van der Waals surface area contributed by atoms with Crippen molar-refractivity contribution in [2.45, 2.75) is 6.42 Å². The molecule has 0 saturated carbocycles. The van der Waals surface area contributed by atoms with E-state index in [1.54, 1.807) is 6.20 Å². The topological polar surface area (TPSA) is 92.4 Å². The van der Waals surface area contributed by atoms with Gasteiger partial charge in [-0.1, -0.05) is 12.2 Å². The number of rotatable bonds is 2. The Morgan fingerprint density at radius 3 is 2.90 bits per heavy atom. The van der Waals surface area contributed by atoms with Gasteiger partial charge in [-0.3, -0.25) is 0 Å². The van der Waals surface area contributed by atoms with Gasteiger partial charge in [0.15, 0.2) is 0 Å². The monoisotopic (exact) mass is 293 g/mol. The summed E-state index contributed by atoms with van der Waals surface area (Å²) in [6, 6.07) is 1.84. The van der Waals surface area contributed by atoms with Crippen LogP contribution < -0.4 is 10.0 Å². The minimum absolute atomic E-state index is 0.312. The van der Waals surface area contributed by atoms with E-state index < -0.39 is 10.2 Å². The van der Waals surface area contributed by atoms with Gasteiger partial charge in [-0.15, -0.1) is 0 Å². The number of anilines is 1. The Morgan fingerprint density at radius 1 is 1.35 bits per heavy atom. The van der Waals surface area contributed by atoms with Crippen LogP contribution in [0.15, 0.2) is 42.0 Å². The molecule has 3 heterocycles. The minimum Gasteiger partial charge on any atom is -0.326 e. The van der Waals surface area contributed by atoms with E-state index in [2.05, 4.69) is 14.9 Å². The van der Waals surface area contributed by atoms with Gasteiger partial charge in [0.2, 0.25) is 0 Å². The molecule has 2 aliphatic heterocycles.